The van der Waals surface area contributed by atoms with Crippen molar-refractivity contribution in [2.24, 2.45) is 0 Å². The van der Waals surface area contributed by atoms with E-state index in [0.29, 0.717) is 5.39 Å². The van der Waals surface area contributed by atoms with Gasteiger partial charge in [0.1, 0.15) is 0 Å². The van der Waals surface area contributed by atoms with E-state index in [1.165, 1.54) is 12.1 Å². The minimum atomic E-state index is -4.94. The SMILES string of the molecule is O=S1(=O)OCCOS(=O)(=O)C1S(=O)(=O)c1cccc2ccccc12.[Na]. The Morgan fingerprint density at radius 1 is 0.840 bits per heavy atom. The quantitative estimate of drug-likeness (QED) is 0.505. The van der Waals surface area contributed by atoms with Crippen molar-refractivity contribution in [3.05, 3.63) is 42.5 Å². The molecule has 0 N–H and O–H groups in total. The molecule has 131 valence electrons. The van der Waals surface area contributed by atoms with Gasteiger partial charge in [0.05, 0.1) is 18.1 Å². The van der Waals surface area contributed by atoms with Gasteiger partial charge in [0, 0.05) is 34.9 Å². The van der Waals surface area contributed by atoms with Gasteiger partial charge < -0.3 is 0 Å². The molecule has 8 nitrogen and oxygen atoms in total. The molecule has 3 rings (SSSR count). The van der Waals surface area contributed by atoms with Gasteiger partial charge in [-0.2, -0.15) is 16.8 Å². The van der Waals surface area contributed by atoms with Gasteiger partial charge >= 0.3 is 24.2 Å². The molecule has 0 bridgehead atoms. The summed E-state index contributed by atoms with van der Waals surface area (Å²) in [5, 5.41) is 0.721. The van der Waals surface area contributed by atoms with Gasteiger partial charge in [0.2, 0.25) is 9.84 Å². The predicted octanol–water partition coefficient (Wildman–Crippen LogP) is 0.223. The molecule has 1 saturated heterocycles. The molecule has 0 saturated carbocycles. The Balaban J connectivity index is 0.00000225. The third-order valence-corrected chi connectivity index (χ3v) is 11.1. The Morgan fingerprint density at radius 3 is 1.96 bits per heavy atom. The van der Waals surface area contributed by atoms with Gasteiger partial charge in [-0.05, 0) is 11.5 Å². The van der Waals surface area contributed by atoms with Gasteiger partial charge in [-0.25, -0.2) is 8.42 Å². The number of hydrogen-bond acceptors (Lipinski definition) is 8. The molecule has 0 atom stereocenters. The zero-order valence-electron chi connectivity index (χ0n) is 13.0. The number of benzene rings is 2. The average molecular weight is 415 g/mol. The Bertz CT molecular complexity index is 1070. The van der Waals surface area contributed by atoms with Crippen LogP contribution in [0.5, 0.6) is 0 Å². The van der Waals surface area contributed by atoms with E-state index in [1.54, 1.807) is 24.3 Å². The maximum absolute atomic E-state index is 12.9. The van der Waals surface area contributed by atoms with E-state index < -0.39 is 52.1 Å². The minimum absolute atomic E-state index is 0. The Hall–Kier alpha value is -0.530. The van der Waals surface area contributed by atoms with Crippen LogP contribution >= 0.6 is 0 Å². The molecule has 0 aliphatic carbocycles. The summed E-state index contributed by atoms with van der Waals surface area (Å²) in [4.78, 5) is -0.424. The van der Waals surface area contributed by atoms with Crippen LogP contribution in [-0.2, 0) is 38.4 Å². The van der Waals surface area contributed by atoms with Crippen molar-refractivity contribution < 1.29 is 33.6 Å². The summed E-state index contributed by atoms with van der Waals surface area (Å²) >= 11 is 0. The Labute approximate surface area is 167 Å². The molecule has 0 spiro atoms. The average Bonchev–Trinajstić information content (AvgIpc) is 2.61. The van der Waals surface area contributed by atoms with E-state index in [-0.39, 0.29) is 34.9 Å². The molecule has 0 unspecified atom stereocenters. The second-order valence-corrected chi connectivity index (χ2v) is 11.2. The first kappa shape index (κ1) is 20.8. The first-order chi connectivity index (χ1) is 11.2. The predicted molar refractivity (Wildman–Crippen MR) is 90.4 cm³/mol. The standard InChI is InChI=1S/C13H12O8S3.Na/c14-22(15,12-7-3-5-10-4-1-2-6-11(10)12)13-23(16,17)20-8-9-21-24(13,18)19;/h1-7,13H,8-9H2;. The molecular formula is C13H12NaO8S3. The molecule has 1 radical (unpaired) electrons. The fourth-order valence-electron chi connectivity index (χ4n) is 2.41. The second kappa shape index (κ2) is 7.24. The van der Waals surface area contributed by atoms with Crippen LogP contribution in [0.3, 0.4) is 0 Å². The zero-order chi connectivity index (χ0) is 17.6. The number of fused-ring (bicyclic) bond motifs is 1. The van der Waals surface area contributed by atoms with E-state index in [4.69, 9.17) is 0 Å². The molecule has 1 aliphatic rings. The molecule has 2 aromatic carbocycles. The molecular weight excluding hydrogens is 403 g/mol. The van der Waals surface area contributed by atoms with Crippen LogP contribution in [0.25, 0.3) is 10.8 Å². The van der Waals surface area contributed by atoms with Crippen molar-refractivity contribution in [2.45, 2.75) is 8.81 Å². The van der Waals surface area contributed by atoms with Crippen LogP contribution in [0.4, 0.5) is 0 Å². The largest absolute Gasteiger partial charge is 0.316 e. The third-order valence-electron chi connectivity index (χ3n) is 3.36. The summed E-state index contributed by atoms with van der Waals surface area (Å²) in [6, 6.07) is 10.5. The van der Waals surface area contributed by atoms with Crippen LogP contribution in [-0.4, -0.2) is 71.9 Å². The van der Waals surface area contributed by atoms with E-state index in [9.17, 15) is 25.3 Å². The van der Waals surface area contributed by atoms with Gasteiger partial charge in [-0.15, -0.1) is 0 Å². The molecule has 1 heterocycles. The van der Waals surface area contributed by atoms with E-state index >= 15 is 0 Å². The molecule has 1 fully saturated rings. The Morgan fingerprint density at radius 2 is 1.36 bits per heavy atom. The number of sulfone groups is 1. The summed E-state index contributed by atoms with van der Waals surface area (Å²) in [6.07, 6.45) is 0. The maximum atomic E-state index is 12.9. The van der Waals surface area contributed by atoms with Gasteiger partial charge in [-0.3, -0.25) is 8.37 Å². The molecule has 2 aromatic rings. The van der Waals surface area contributed by atoms with Crippen molar-refractivity contribution in [3.63, 3.8) is 0 Å². The fourth-order valence-corrected chi connectivity index (χ4v) is 9.13. The summed E-state index contributed by atoms with van der Waals surface area (Å²) in [7, 11) is -14.7. The minimum Gasteiger partial charge on any atom is -0.266 e. The third kappa shape index (κ3) is 3.78. The number of rotatable bonds is 2. The van der Waals surface area contributed by atoms with Gasteiger partial charge in [0.25, 0.3) is 0 Å². The summed E-state index contributed by atoms with van der Waals surface area (Å²) in [5.41, 5.74) is 0. The van der Waals surface area contributed by atoms with Crippen LogP contribution in [0.1, 0.15) is 0 Å². The normalized spacial score (nSPS) is 20.5. The van der Waals surface area contributed by atoms with Crippen molar-refractivity contribution in [2.75, 3.05) is 13.2 Å². The monoisotopic (exact) mass is 415 g/mol. The number of hydrogen-bond donors (Lipinski definition) is 0. The fraction of sp³-hybridized carbons (Fsp3) is 0.231. The zero-order valence-corrected chi connectivity index (χ0v) is 17.5. The van der Waals surface area contributed by atoms with Crippen LogP contribution in [0.2, 0.25) is 0 Å². The molecule has 0 aromatic heterocycles. The van der Waals surface area contributed by atoms with E-state index in [2.05, 4.69) is 8.37 Å². The van der Waals surface area contributed by atoms with Gasteiger partial charge in [0.15, 0.2) is 0 Å². The van der Waals surface area contributed by atoms with Gasteiger partial charge in [-0.1, -0.05) is 36.4 Å². The summed E-state index contributed by atoms with van der Waals surface area (Å²) < 4.78 is 80.2. The summed E-state index contributed by atoms with van der Waals surface area (Å²) in [6.45, 7) is -1.16. The first-order valence-corrected chi connectivity index (χ1v) is 11.1. The second-order valence-electron chi connectivity index (χ2n) is 4.94. The topological polar surface area (TPSA) is 121 Å². The first-order valence-electron chi connectivity index (χ1n) is 6.64. The van der Waals surface area contributed by atoms with Crippen LogP contribution in [0, 0.1) is 0 Å². The van der Waals surface area contributed by atoms with Crippen molar-refractivity contribution in [1.82, 2.24) is 0 Å². The van der Waals surface area contributed by atoms with Crippen LogP contribution < -0.4 is 0 Å². The van der Waals surface area contributed by atoms with E-state index in [1.807, 2.05) is 0 Å². The van der Waals surface area contributed by atoms with Crippen molar-refractivity contribution in [3.8, 4) is 0 Å². The maximum Gasteiger partial charge on any atom is 0.316 e. The van der Waals surface area contributed by atoms with Crippen molar-refractivity contribution in [1.29, 1.82) is 0 Å². The molecule has 25 heavy (non-hydrogen) atoms. The van der Waals surface area contributed by atoms with Crippen LogP contribution in [0.15, 0.2) is 47.4 Å². The molecule has 1 aliphatic heterocycles. The van der Waals surface area contributed by atoms with E-state index in [0.717, 1.165) is 6.07 Å². The molecule has 0 amide bonds. The Kier molecular flexibility index (Phi) is 6.01. The van der Waals surface area contributed by atoms with Crippen molar-refractivity contribution >= 4 is 70.4 Å². The summed E-state index contributed by atoms with van der Waals surface area (Å²) in [5.74, 6) is 0. The smallest absolute Gasteiger partial charge is 0.266 e. The molecule has 12 heteroatoms.